The predicted octanol–water partition coefficient (Wildman–Crippen LogP) is 1.87. The molecular formula is C27H29N3O7S2. The zero-order valence-electron chi connectivity index (χ0n) is 21.3. The Morgan fingerprint density at radius 3 is 2.64 bits per heavy atom. The number of nitrogens with one attached hydrogen (secondary N) is 1. The third-order valence-corrected chi connectivity index (χ3v) is 11.9. The van der Waals surface area contributed by atoms with Gasteiger partial charge in [0.2, 0.25) is 17.7 Å². The summed E-state index contributed by atoms with van der Waals surface area (Å²) in [6.07, 6.45) is 0.920. The molecule has 0 spiro atoms. The number of carbonyl (C=O) groups excluding carboxylic acids is 3. The molecule has 39 heavy (non-hydrogen) atoms. The second kappa shape index (κ2) is 9.38. The molecule has 2 aliphatic carbocycles. The number of rotatable bonds is 5. The van der Waals surface area contributed by atoms with Crippen LogP contribution in [0.4, 0.5) is 0 Å². The maximum Gasteiger partial charge on any atom is 0.305 e. The number of hydrogen-bond acceptors (Lipinski definition) is 9. The van der Waals surface area contributed by atoms with Gasteiger partial charge in [-0.25, -0.2) is 0 Å². The van der Waals surface area contributed by atoms with Crippen LogP contribution in [-0.4, -0.2) is 82.8 Å². The van der Waals surface area contributed by atoms with Gasteiger partial charge in [-0.1, -0.05) is 17.4 Å². The number of likely N-dealkylation sites (tertiary alicyclic amines) is 1. The number of fused-ring (bicyclic) bond motifs is 9. The Morgan fingerprint density at radius 1 is 1.15 bits per heavy atom. The lowest BCUT2D eigenvalue weighted by molar-refractivity contribution is -0.142. The van der Waals surface area contributed by atoms with Crippen molar-refractivity contribution in [2.45, 2.75) is 29.0 Å². The summed E-state index contributed by atoms with van der Waals surface area (Å²) in [5.41, 5.74) is 0.922. The molecule has 2 aromatic rings. The molecule has 206 valence electrons. The van der Waals surface area contributed by atoms with Crippen molar-refractivity contribution < 1.29 is 29.0 Å². The van der Waals surface area contributed by atoms with Crippen LogP contribution in [0.5, 0.6) is 11.5 Å². The minimum Gasteiger partial charge on any atom is -0.504 e. The van der Waals surface area contributed by atoms with Crippen molar-refractivity contribution >= 4 is 40.8 Å². The van der Waals surface area contributed by atoms with Crippen LogP contribution in [-0.2, 0) is 19.1 Å². The molecule has 4 fully saturated rings. The van der Waals surface area contributed by atoms with E-state index in [2.05, 4.69) is 4.98 Å². The summed E-state index contributed by atoms with van der Waals surface area (Å²) in [5, 5.41) is 11.1. The number of nitrogens with zero attached hydrogens (tertiary/aromatic N) is 2. The predicted molar refractivity (Wildman–Crippen MR) is 142 cm³/mol. The number of aromatic nitrogens is 1. The Kier molecular flexibility index (Phi) is 6.05. The number of carbonyl (C=O) groups is 3. The number of thiazole rings is 1. The fourth-order valence-electron chi connectivity index (χ4n) is 7.74. The smallest absolute Gasteiger partial charge is 0.305 e. The number of thioether (sulfide) groups is 1. The van der Waals surface area contributed by atoms with E-state index in [-0.39, 0.29) is 76.1 Å². The SMILES string of the molecule is COc1cc(C2c3sc(=O)[nH]c3SC3C4CC(C5C(=O)N(CCC(=O)N6CCOCC6)C(=O)C45)C23)ccc1O. The first-order valence-electron chi connectivity index (χ1n) is 13.3. The average molecular weight is 572 g/mol. The quantitative estimate of drug-likeness (QED) is 0.521. The van der Waals surface area contributed by atoms with Crippen LogP contribution in [0.1, 0.15) is 29.2 Å². The highest BCUT2D eigenvalue weighted by Gasteiger charge is 2.69. The summed E-state index contributed by atoms with van der Waals surface area (Å²) in [6.45, 7) is 2.19. The first-order valence-corrected chi connectivity index (χ1v) is 15.0. The van der Waals surface area contributed by atoms with Crippen LogP contribution in [0, 0.1) is 29.6 Å². The van der Waals surface area contributed by atoms with Crippen molar-refractivity contribution in [2.24, 2.45) is 29.6 Å². The van der Waals surface area contributed by atoms with Crippen LogP contribution in [0.15, 0.2) is 28.0 Å². The van der Waals surface area contributed by atoms with E-state index in [1.165, 1.54) is 23.3 Å². The van der Waals surface area contributed by atoms with E-state index < -0.39 is 5.92 Å². The third-order valence-electron chi connectivity index (χ3n) is 9.29. The van der Waals surface area contributed by atoms with Gasteiger partial charge in [0, 0.05) is 42.1 Å². The van der Waals surface area contributed by atoms with E-state index >= 15 is 0 Å². The molecule has 0 radical (unpaired) electrons. The Bertz CT molecular complexity index is 1420. The molecule has 7 rings (SSSR count). The van der Waals surface area contributed by atoms with Gasteiger partial charge >= 0.3 is 4.87 Å². The third kappa shape index (κ3) is 3.78. The summed E-state index contributed by atoms with van der Waals surface area (Å²) in [7, 11) is 1.50. The molecule has 1 aromatic carbocycles. The number of phenols is 1. The van der Waals surface area contributed by atoms with E-state index in [4.69, 9.17) is 9.47 Å². The summed E-state index contributed by atoms with van der Waals surface area (Å²) in [5.74, 6) is -0.843. The average Bonchev–Trinajstić information content (AvgIpc) is 3.67. The van der Waals surface area contributed by atoms with Crippen molar-refractivity contribution in [1.82, 2.24) is 14.8 Å². The van der Waals surface area contributed by atoms with Crippen LogP contribution in [0.2, 0.25) is 0 Å². The van der Waals surface area contributed by atoms with Gasteiger partial charge in [-0.2, -0.15) is 0 Å². The lowest BCUT2D eigenvalue weighted by Gasteiger charge is -2.43. The zero-order valence-corrected chi connectivity index (χ0v) is 23.0. The molecule has 12 heteroatoms. The number of H-pyrrole nitrogens is 1. The molecule has 2 saturated heterocycles. The number of amides is 3. The van der Waals surface area contributed by atoms with Gasteiger partial charge < -0.3 is 24.5 Å². The first-order chi connectivity index (χ1) is 18.9. The van der Waals surface area contributed by atoms with Crippen molar-refractivity contribution in [3.63, 3.8) is 0 Å². The lowest BCUT2D eigenvalue weighted by Crippen LogP contribution is -2.43. The van der Waals surface area contributed by atoms with Crippen LogP contribution < -0.4 is 9.61 Å². The summed E-state index contributed by atoms with van der Waals surface area (Å²) >= 11 is 2.82. The largest absolute Gasteiger partial charge is 0.504 e. The van der Waals surface area contributed by atoms with E-state index in [9.17, 15) is 24.3 Å². The number of methoxy groups -OCH3 is 1. The molecule has 2 bridgehead atoms. The van der Waals surface area contributed by atoms with E-state index in [1.807, 2.05) is 12.1 Å². The zero-order chi connectivity index (χ0) is 27.0. The van der Waals surface area contributed by atoms with Crippen molar-refractivity contribution in [1.29, 1.82) is 0 Å². The molecule has 7 unspecified atom stereocenters. The Morgan fingerprint density at radius 2 is 1.90 bits per heavy atom. The number of benzene rings is 1. The number of aromatic amines is 1. The highest BCUT2D eigenvalue weighted by molar-refractivity contribution is 8.00. The molecule has 3 aliphatic heterocycles. The number of morpholine rings is 1. The Hall–Kier alpha value is -2.83. The number of imide groups is 1. The normalized spacial score (nSPS) is 32.8. The van der Waals surface area contributed by atoms with Crippen LogP contribution in [0.25, 0.3) is 0 Å². The topological polar surface area (TPSA) is 129 Å². The summed E-state index contributed by atoms with van der Waals surface area (Å²) < 4.78 is 10.7. The van der Waals surface area contributed by atoms with Gasteiger partial charge in [-0.15, -0.1) is 11.8 Å². The van der Waals surface area contributed by atoms with E-state index in [0.717, 1.165) is 21.9 Å². The second-order valence-corrected chi connectivity index (χ2v) is 13.2. The first kappa shape index (κ1) is 25.2. The van der Waals surface area contributed by atoms with Crippen molar-refractivity contribution in [3.8, 4) is 11.5 Å². The molecule has 1 aromatic heterocycles. The summed E-state index contributed by atoms with van der Waals surface area (Å²) in [4.78, 5) is 59.4. The van der Waals surface area contributed by atoms with Gasteiger partial charge in [0.25, 0.3) is 0 Å². The highest BCUT2D eigenvalue weighted by Crippen LogP contribution is 2.68. The highest BCUT2D eigenvalue weighted by atomic mass is 32.2. The minimum atomic E-state index is -0.401. The van der Waals surface area contributed by atoms with Gasteiger partial charge in [0.05, 0.1) is 37.2 Å². The maximum atomic E-state index is 13.7. The minimum absolute atomic E-state index is 0.0101. The van der Waals surface area contributed by atoms with Crippen LogP contribution >= 0.6 is 23.1 Å². The molecule has 10 nitrogen and oxygen atoms in total. The lowest BCUT2D eigenvalue weighted by atomic mass is 9.68. The standard InChI is InChI=1S/C27H29N3O7S2/c1-36-16-10-12(2-3-15(16)31)18-19-13-11-14(22(19)38-24-23(18)39-27(35)28-24)21-20(13)25(33)30(26(21)34)5-4-17(32)29-6-8-37-9-7-29/h2-3,10,13-14,18-22,31H,4-9,11H2,1H3,(H,28,35). The fourth-order valence-corrected chi connectivity index (χ4v) is 10.6. The van der Waals surface area contributed by atoms with E-state index in [0.29, 0.717) is 32.1 Å². The fraction of sp³-hybridized carbons (Fsp3) is 0.556. The maximum absolute atomic E-state index is 13.7. The second-order valence-electron chi connectivity index (χ2n) is 11.0. The molecule has 7 atom stereocenters. The number of hydrogen-bond donors (Lipinski definition) is 2. The molecule has 5 aliphatic rings. The Labute approximate surface area is 232 Å². The molecule has 2 N–H and O–H groups in total. The molecule has 4 heterocycles. The van der Waals surface area contributed by atoms with E-state index in [1.54, 1.807) is 22.7 Å². The number of ether oxygens (including phenoxy) is 2. The van der Waals surface area contributed by atoms with Crippen molar-refractivity contribution in [3.05, 3.63) is 38.3 Å². The molecule has 2 saturated carbocycles. The van der Waals surface area contributed by atoms with Gasteiger partial charge in [0.1, 0.15) is 0 Å². The van der Waals surface area contributed by atoms with Crippen LogP contribution in [0.3, 0.4) is 0 Å². The van der Waals surface area contributed by atoms with Gasteiger partial charge in [0.15, 0.2) is 11.5 Å². The van der Waals surface area contributed by atoms with Crippen molar-refractivity contribution in [2.75, 3.05) is 40.0 Å². The number of phenolic OH excluding ortho intramolecular Hbond substituents is 1. The Balaban J connectivity index is 1.19. The van der Waals surface area contributed by atoms with Gasteiger partial charge in [-0.3, -0.25) is 24.1 Å². The number of aromatic hydroxyl groups is 1. The summed E-state index contributed by atoms with van der Waals surface area (Å²) in [6, 6.07) is 5.28. The molecular weight excluding hydrogens is 542 g/mol. The van der Waals surface area contributed by atoms with Gasteiger partial charge in [-0.05, 0) is 41.9 Å². The molecule has 3 amide bonds. The monoisotopic (exact) mass is 571 g/mol.